The van der Waals surface area contributed by atoms with Crippen LogP contribution in [0, 0.1) is 0 Å². The number of nitrogens with zero attached hydrogens (tertiary/aromatic N) is 2. The Hall–Kier alpha value is -1.64. The Labute approximate surface area is 155 Å². The zero-order chi connectivity index (χ0) is 18.6. The van der Waals surface area contributed by atoms with Crippen LogP contribution in [0.4, 0.5) is 4.79 Å². The highest BCUT2D eigenvalue weighted by atomic mass is 32.2. The summed E-state index contributed by atoms with van der Waals surface area (Å²) in [6.45, 7) is 2.59. The highest BCUT2D eigenvalue weighted by molar-refractivity contribution is 7.90. The van der Waals surface area contributed by atoms with Crippen LogP contribution in [-0.2, 0) is 21.4 Å². The van der Waals surface area contributed by atoms with E-state index in [9.17, 15) is 13.2 Å². The van der Waals surface area contributed by atoms with E-state index in [-0.39, 0.29) is 19.2 Å². The van der Waals surface area contributed by atoms with Crippen LogP contribution in [0.25, 0.3) is 0 Å². The fourth-order valence-corrected chi connectivity index (χ4v) is 5.10. The average Bonchev–Trinajstić information content (AvgIpc) is 3.14. The molecule has 2 aliphatic rings. The molecule has 0 aliphatic carbocycles. The number of carbonyl (C=O) groups is 1. The summed E-state index contributed by atoms with van der Waals surface area (Å²) in [5, 5.41) is -0.563. The van der Waals surface area contributed by atoms with Crippen LogP contribution < -0.4 is 4.72 Å². The number of rotatable bonds is 5. The Balaban J connectivity index is 1.48. The van der Waals surface area contributed by atoms with Crippen molar-refractivity contribution >= 4 is 16.1 Å². The third-order valence-electron chi connectivity index (χ3n) is 5.10. The maximum absolute atomic E-state index is 12.6. The molecule has 0 spiro atoms. The molecule has 1 atom stereocenters. The van der Waals surface area contributed by atoms with Gasteiger partial charge in [-0.15, -0.1) is 0 Å². The SMILES string of the molecule is CN1CCC(NS(=O)(=O)[C@@H]2CCN(C(=O)OCc3ccccc3)C2)CC1. The van der Waals surface area contributed by atoms with E-state index in [2.05, 4.69) is 9.62 Å². The first-order valence-electron chi connectivity index (χ1n) is 9.09. The van der Waals surface area contributed by atoms with Gasteiger partial charge in [0.25, 0.3) is 0 Å². The fraction of sp³-hybridized carbons (Fsp3) is 0.611. The van der Waals surface area contributed by atoms with E-state index in [1.54, 1.807) is 0 Å². The van der Waals surface area contributed by atoms with Crippen molar-refractivity contribution in [3.8, 4) is 0 Å². The Morgan fingerprint density at radius 3 is 2.54 bits per heavy atom. The summed E-state index contributed by atoms with van der Waals surface area (Å²) in [7, 11) is -1.39. The van der Waals surface area contributed by atoms with E-state index in [1.165, 1.54) is 4.90 Å². The summed E-state index contributed by atoms with van der Waals surface area (Å²) in [6, 6.07) is 9.44. The van der Waals surface area contributed by atoms with Crippen LogP contribution in [0.2, 0.25) is 0 Å². The Kier molecular flexibility index (Phi) is 6.16. The van der Waals surface area contributed by atoms with Gasteiger partial charge in [0.15, 0.2) is 0 Å². The lowest BCUT2D eigenvalue weighted by Gasteiger charge is -2.30. The first kappa shape index (κ1) is 19.1. The van der Waals surface area contributed by atoms with Crippen LogP contribution in [-0.4, -0.2) is 68.8 Å². The molecule has 0 radical (unpaired) electrons. The monoisotopic (exact) mass is 381 g/mol. The van der Waals surface area contributed by atoms with Gasteiger partial charge in [0.1, 0.15) is 6.61 Å². The van der Waals surface area contributed by atoms with Crippen molar-refractivity contribution in [3.05, 3.63) is 35.9 Å². The fourth-order valence-electron chi connectivity index (χ4n) is 3.41. The Morgan fingerprint density at radius 2 is 1.85 bits per heavy atom. The summed E-state index contributed by atoms with van der Waals surface area (Å²) in [6.07, 6.45) is 1.64. The van der Waals surface area contributed by atoms with E-state index in [0.717, 1.165) is 31.5 Å². The Bertz CT molecular complexity index is 702. The number of amides is 1. The normalized spacial score (nSPS) is 22.5. The van der Waals surface area contributed by atoms with Gasteiger partial charge in [-0.1, -0.05) is 30.3 Å². The molecule has 1 aromatic rings. The topological polar surface area (TPSA) is 79.0 Å². The molecule has 0 unspecified atom stereocenters. The molecule has 144 valence electrons. The molecule has 7 nitrogen and oxygen atoms in total. The van der Waals surface area contributed by atoms with Crippen molar-refractivity contribution in [2.75, 3.05) is 33.2 Å². The van der Waals surface area contributed by atoms with Crippen molar-refractivity contribution < 1.29 is 17.9 Å². The van der Waals surface area contributed by atoms with Crippen molar-refractivity contribution in [2.45, 2.75) is 37.2 Å². The maximum Gasteiger partial charge on any atom is 0.410 e. The van der Waals surface area contributed by atoms with E-state index in [1.807, 2.05) is 37.4 Å². The van der Waals surface area contributed by atoms with Crippen LogP contribution in [0.3, 0.4) is 0 Å². The number of sulfonamides is 1. The van der Waals surface area contributed by atoms with Crippen LogP contribution >= 0.6 is 0 Å². The summed E-state index contributed by atoms with van der Waals surface area (Å²) in [5.74, 6) is 0. The second-order valence-corrected chi connectivity index (χ2v) is 9.13. The second-order valence-electron chi connectivity index (χ2n) is 7.14. The lowest BCUT2D eigenvalue weighted by molar-refractivity contribution is 0.104. The first-order chi connectivity index (χ1) is 12.4. The summed E-state index contributed by atoms with van der Waals surface area (Å²) in [5.41, 5.74) is 0.910. The molecular formula is C18H27N3O4S. The van der Waals surface area contributed by atoms with Crippen molar-refractivity contribution in [2.24, 2.45) is 0 Å². The molecule has 0 saturated carbocycles. The van der Waals surface area contributed by atoms with Gasteiger partial charge >= 0.3 is 6.09 Å². The van der Waals surface area contributed by atoms with Gasteiger partial charge in [0, 0.05) is 19.1 Å². The van der Waals surface area contributed by atoms with Gasteiger partial charge in [-0.25, -0.2) is 17.9 Å². The number of benzene rings is 1. The number of hydrogen-bond acceptors (Lipinski definition) is 5. The molecule has 3 rings (SSSR count). The third-order valence-corrected chi connectivity index (χ3v) is 7.02. The molecule has 2 fully saturated rings. The van der Waals surface area contributed by atoms with Gasteiger partial charge in [-0.2, -0.15) is 0 Å². The van der Waals surface area contributed by atoms with Gasteiger partial charge < -0.3 is 14.5 Å². The zero-order valence-corrected chi connectivity index (χ0v) is 16.0. The van der Waals surface area contributed by atoms with Crippen LogP contribution in [0.15, 0.2) is 30.3 Å². The molecular weight excluding hydrogens is 354 g/mol. The number of piperidine rings is 1. The second kappa shape index (κ2) is 8.37. The molecule has 26 heavy (non-hydrogen) atoms. The van der Waals surface area contributed by atoms with E-state index in [0.29, 0.717) is 13.0 Å². The highest BCUT2D eigenvalue weighted by Gasteiger charge is 2.37. The number of ether oxygens (including phenoxy) is 1. The van der Waals surface area contributed by atoms with Crippen molar-refractivity contribution in [1.29, 1.82) is 0 Å². The minimum absolute atomic E-state index is 0.00437. The van der Waals surface area contributed by atoms with Gasteiger partial charge in [-0.3, -0.25) is 0 Å². The lowest BCUT2D eigenvalue weighted by Crippen LogP contribution is -2.47. The lowest BCUT2D eigenvalue weighted by atomic mass is 10.1. The van der Waals surface area contributed by atoms with Gasteiger partial charge in [0.2, 0.25) is 10.0 Å². The van der Waals surface area contributed by atoms with Gasteiger partial charge in [-0.05, 0) is 45.0 Å². The summed E-state index contributed by atoms with van der Waals surface area (Å²) < 4.78 is 33.4. The molecule has 0 aromatic heterocycles. The largest absolute Gasteiger partial charge is 0.445 e. The highest BCUT2D eigenvalue weighted by Crippen LogP contribution is 2.19. The summed E-state index contributed by atoms with van der Waals surface area (Å²) in [4.78, 5) is 15.9. The minimum Gasteiger partial charge on any atom is -0.445 e. The van der Waals surface area contributed by atoms with E-state index in [4.69, 9.17) is 4.74 Å². The summed E-state index contributed by atoms with van der Waals surface area (Å²) >= 11 is 0. The number of nitrogens with one attached hydrogen (secondary N) is 1. The smallest absolute Gasteiger partial charge is 0.410 e. The molecule has 2 heterocycles. The number of likely N-dealkylation sites (tertiary alicyclic amines) is 2. The zero-order valence-electron chi connectivity index (χ0n) is 15.1. The maximum atomic E-state index is 12.6. The molecule has 1 amide bonds. The van der Waals surface area contributed by atoms with Crippen LogP contribution in [0.5, 0.6) is 0 Å². The number of hydrogen-bond donors (Lipinski definition) is 1. The molecule has 0 bridgehead atoms. The van der Waals surface area contributed by atoms with Crippen molar-refractivity contribution in [1.82, 2.24) is 14.5 Å². The quantitative estimate of drug-likeness (QED) is 0.834. The molecule has 8 heteroatoms. The van der Waals surface area contributed by atoms with Crippen LogP contribution in [0.1, 0.15) is 24.8 Å². The molecule has 2 aliphatic heterocycles. The third kappa shape index (κ3) is 4.96. The molecule has 1 aromatic carbocycles. The molecule has 1 N–H and O–H groups in total. The van der Waals surface area contributed by atoms with E-state index >= 15 is 0 Å². The predicted octanol–water partition coefficient (Wildman–Crippen LogP) is 1.41. The number of carbonyl (C=O) groups excluding carboxylic acids is 1. The first-order valence-corrected chi connectivity index (χ1v) is 10.6. The van der Waals surface area contributed by atoms with E-state index < -0.39 is 21.4 Å². The standard InChI is InChI=1S/C18H27N3O4S/c1-20-10-7-16(8-11-20)19-26(23,24)17-9-12-21(13-17)18(22)25-14-15-5-3-2-4-6-15/h2-6,16-17,19H,7-14H2,1H3/t17-/m1/s1. The van der Waals surface area contributed by atoms with Gasteiger partial charge in [0.05, 0.1) is 5.25 Å². The molecule has 2 saturated heterocycles. The Morgan fingerprint density at radius 1 is 1.15 bits per heavy atom. The predicted molar refractivity (Wildman–Crippen MR) is 99.2 cm³/mol. The van der Waals surface area contributed by atoms with Crippen molar-refractivity contribution in [3.63, 3.8) is 0 Å². The average molecular weight is 381 g/mol. The minimum atomic E-state index is -3.43.